The van der Waals surface area contributed by atoms with Crippen LogP contribution in [0, 0.1) is 6.92 Å². The number of sulfonamides is 1. The molecule has 0 radical (unpaired) electrons. The van der Waals surface area contributed by atoms with E-state index in [1.165, 1.54) is 35.2 Å². The number of aryl methyl sites for hydroxylation is 1. The van der Waals surface area contributed by atoms with Crippen molar-refractivity contribution in [2.75, 3.05) is 20.8 Å². The summed E-state index contributed by atoms with van der Waals surface area (Å²) in [5.74, 6) is -1.70. The smallest absolute Gasteiger partial charge is 0.337 e. The molecule has 0 N–H and O–H groups in total. The standard InChI is InChI=1S/C24H25N3O7S2/c1-15-6-9-17(10-7-15)36(31,32)27-12-4-5-19(27)22(29)25-24-26(14-21(28)33-2)18-11-8-16(23(30)34-3)13-20(18)35-24/h6-11,13,19H,4-5,12,14H2,1-3H3. The van der Waals surface area contributed by atoms with E-state index in [1.54, 1.807) is 30.3 Å². The van der Waals surface area contributed by atoms with E-state index < -0.39 is 33.9 Å². The normalized spacial score (nSPS) is 16.9. The van der Waals surface area contributed by atoms with Gasteiger partial charge in [-0.3, -0.25) is 9.59 Å². The molecule has 4 rings (SSSR count). The first kappa shape index (κ1) is 25.7. The van der Waals surface area contributed by atoms with Crippen LogP contribution in [0.4, 0.5) is 0 Å². The number of thiazole rings is 1. The summed E-state index contributed by atoms with van der Waals surface area (Å²) in [5.41, 5.74) is 1.80. The highest BCUT2D eigenvalue weighted by atomic mass is 32.2. The zero-order chi connectivity index (χ0) is 26.0. The number of esters is 2. The van der Waals surface area contributed by atoms with Crippen LogP contribution in [0.25, 0.3) is 10.2 Å². The Balaban J connectivity index is 1.75. The van der Waals surface area contributed by atoms with E-state index in [9.17, 15) is 22.8 Å². The largest absolute Gasteiger partial charge is 0.468 e. The van der Waals surface area contributed by atoms with Gasteiger partial charge in [-0.05, 0) is 50.1 Å². The Hall–Kier alpha value is -3.35. The molecule has 10 nitrogen and oxygen atoms in total. The molecule has 1 aromatic heterocycles. The van der Waals surface area contributed by atoms with Gasteiger partial charge in [0.05, 0.1) is 34.9 Å². The second kappa shape index (κ2) is 10.3. The number of aromatic nitrogens is 1. The van der Waals surface area contributed by atoms with Gasteiger partial charge in [-0.25, -0.2) is 13.2 Å². The Labute approximate surface area is 211 Å². The fourth-order valence-electron chi connectivity index (χ4n) is 4.04. The summed E-state index contributed by atoms with van der Waals surface area (Å²) in [6.45, 7) is 1.86. The van der Waals surface area contributed by atoms with Gasteiger partial charge in [-0.1, -0.05) is 29.0 Å². The lowest BCUT2D eigenvalue weighted by Crippen LogP contribution is -2.40. The molecule has 1 unspecified atom stereocenters. The van der Waals surface area contributed by atoms with E-state index in [1.807, 2.05) is 6.92 Å². The van der Waals surface area contributed by atoms with Crippen molar-refractivity contribution in [1.82, 2.24) is 8.87 Å². The third-order valence-corrected chi connectivity index (χ3v) is 8.90. The fourth-order valence-corrected chi connectivity index (χ4v) is 6.76. The van der Waals surface area contributed by atoms with Crippen LogP contribution in [0.1, 0.15) is 28.8 Å². The molecule has 3 aromatic rings. The van der Waals surface area contributed by atoms with Crippen molar-refractivity contribution in [3.63, 3.8) is 0 Å². The van der Waals surface area contributed by atoms with E-state index in [-0.39, 0.29) is 22.8 Å². The first-order chi connectivity index (χ1) is 17.1. The van der Waals surface area contributed by atoms with E-state index in [0.717, 1.165) is 16.9 Å². The summed E-state index contributed by atoms with van der Waals surface area (Å²) in [7, 11) is -1.37. The van der Waals surface area contributed by atoms with Crippen molar-refractivity contribution in [1.29, 1.82) is 0 Å². The third kappa shape index (κ3) is 4.97. The summed E-state index contributed by atoms with van der Waals surface area (Å²) in [5, 5.41) is 0. The number of carbonyl (C=O) groups excluding carboxylic acids is 3. The molecule has 1 fully saturated rings. The quantitative estimate of drug-likeness (QED) is 0.447. The average Bonchev–Trinajstić information content (AvgIpc) is 3.49. The summed E-state index contributed by atoms with van der Waals surface area (Å²) in [6, 6.07) is 10.3. The van der Waals surface area contributed by atoms with Gasteiger partial charge in [-0.2, -0.15) is 9.30 Å². The molecule has 36 heavy (non-hydrogen) atoms. The highest BCUT2D eigenvalue weighted by molar-refractivity contribution is 7.89. The fraction of sp³-hybridized carbons (Fsp3) is 0.333. The predicted octanol–water partition coefficient (Wildman–Crippen LogP) is 2.25. The zero-order valence-electron chi connectivity index (χ0n) is 20.0. The lowest BCUT2D eigenvalue weighted by atomic mass is 10.2. The molecule has 2 aromatic carbocycles. The SMILES string of the molecule is COC(=O)Cn1c(=NC(=O)C2CCCN2S(=O)(=O)c2ccc(C)cc2)sc2cc(C(=O)OC)ccc21. The van der Waals surface area contributed by atoms with Crippen LogP contribution in [0.2, 0.25) is 0 Å². The summed E-state index contributed by atoms with van der Waals surface area (Å²) >= 11 is 1.10. The highest BCUT2D eigenvalue weighted by Gasteiger charge is 2.39. The number of rotatable bonds is 6. The Morgan fingerprint density at radius 1 is 1.08 bits per heavy atom. The van der Waals surface area contributed by atoms with Gasteiger partial charge in [0, 0.05) is 6.54 Å². The van der Waals surface area contributed by atoms with Gasteiger partial charge in [0.2, 0.25) is 10.0 Å². The second-order valence-electron chi connectivity index (χ2n) is 8.26. The van der Waals surface area contributed by atoms with Crippen LogP contribution in [-0.4, -0.2) is 61.9 Å². The molecule has 2 heterocycles. The summed E-state index contributed by atoms with van der Waals surface area (Å²) in [6.07, 6.45) is 0.857. The number of hydrogen-bond donors (Lipinski definition) is 0. The zero-order valence-corrected chi connectivity index (χ0v) is 21.6. The van der Waals surface area contributed by atoms with Gasteiger partial charge in [0.25, 0.3) is 5.91 Å². The minimum atomic E-state index is -3.89. The molecule has 1 aliphatic heterocycles. The average molecular weight is 532 g/mol. The van der Waals surface area contributed by atoms with Crippen molar-refractivity contribution in [2.24, 2.45) is 4.99 Å². The van der Waals surface area contributed by atoms with E-state index >= 15 is 0 Å². The monoisotopic (exact) mass is 531 g/mol. The van der Waals surface area contributed by atoms with Crippen LogP contribution in [0.15, 0.2) is 52.4 Å². The molecular weight excluding hydrogens is 506 g/mol. The number of benzene rings is 2. The molecule has 0 aliphatic carbocycles. The molecule has 1 amide bonds. The summed E-state index contributed by atoms with van der Waals surface area (Å²) < 4.78 is 39.4. The topological polar surface area (TPSA) is 124 Å². The molecule has 0 bridgehead atoms. The molecular formula is C24H25N3O7S2. The number of nitrogens with zero attached hydrogens (tertiary/aromatic N) is 3. The Morgan fingerprint density at radius 2 is 1.81 bits per heavy atom. The highest BCUT2D eigenvalue weighted by Crippen LogP contribution is 2.27. The lowest BCUT2D eigenvalue weighted by molar-refractivity contribution is -0.141. The van der Waals surface area contributed by atoms with Crippen LogP contribution < -0.4 is 4.80 Å². The number of ether oxygens (including phenoxy) is 2. The molecule has 190 valence electrons. The first-order valence-electron chi connectivity index (χ1n) is 11.1. The molecule has 1 aliphatic rings. The maximum absolute atomic E-state index is 13.3. The van der Waals surface area contributed by atoms with Crippen molar-refractivity contribution < 1.29 is 32.3 Å². The van der Waals surface area contributed by atoms with Gasteiger partial charge in [0.1, 0.15) is 12.6 Å². The molecule has 1 atom stereocenters. The molecule has 12 heteroatoms. The van der Waals surface area contributed by atoms with E-state index in [4.69, 9.17) is 9.47 Å². The minimum Gasteiger partial charge on any atom is -0.468 e. The van der Waals surface area contributed by atoms with E-state index in [0.29, 0.717) is 28.6 Å². The predicted molar refractivity (Wildman–Crippen MR) is 132 cm³/mol. The Morgan fingerprint density at radius 3 is 2.47 bits per heavy atom. The molecule has 0 spiro atoms. The van der Waals surface area contributed by atoms with E-state index in [2.05, 4.69) is 4.99 Å². The number of fused-ring (bicyclic) bond motifs is 1. The Bertz CT molecular complexity index is 1500. The van der Waals surface area contributed by atoms with Crippen LogP contribution in [0.5, 0.6) is 0 Å². The van der Waals surface area contributed by atoms with Gasteiger partial charge < -0.3 is 14.0 Å². The van der Waals surface area contributed by atoms with Crippen molar-refractivity contribution in [3.8, 4) is 0 Å². The van der Waals surface area contributed by atoms with Crippen molar-refractivity contribution in [2.45, 2.75) is 37.2 Å². The van der Waals surface area contributed by atoms with Gasteiger partial charge in [0.15, 0.2) is 4.80 Å². The second-order valence-corrected chi connectivity index (χ2v) is 11.2. The Kier molecular flexibility index (Phi) is 7.38. The molecule has 0 saturated carbocycles. The van der Waals surface area contributed by atoms with Crippen LogP contribution in [-0.2, 0) is 35.6 Å². The van der Waals surface area contributed by atoms with Gasteiger partial charge in [-0.15, -0.1) is 0 Å². The van der Waals surface area contributed by atoms with Crippen molar-refractivity contribution in [3.05, 3.63) is 58.4 Å². The third-order valence-electron chi connectivity index (χ3n) is 5.94. The number of hydrogen-bond acceptors (Lipinski definition) is 8. The maximum Gasteiger partial charge on any atom is 0.337 e. The molecule has 1 saturated heterocycles. The summed E-state index contributed by atoms with van der Waals surface area (Å²) in [4.78, 5) is 41.9. The minimum absolute atomic E-state index is 0.116. The van der Waals surface area contributed by atoms with Crippen molar-refractivity contribution >= 4 is 49.4 Å². The number of amides is 1. The van der Waals surface area contributed by atoms with Crippen LogP contribution in [0.3, 0.4) is 0 Å². The first-order valence-corrected chi connectivity index (χ1v) is 13.4. The lowest BCUT2D eigenvalue weighted by Gasteiger charge is -2.21. The maximum atomic E-state index is 13.3. The number of methoxy groups -OCH3 is 2. The number of carbonyl (C=O) groups is 3. The van der Waals surface area contributed by atoms with Gasteiger partial charge >= 0.3 is 11.9 Å². The van der Waals surface area contributed by atoms with Crippen LogP contribution >= 0.6 is 11.3 Å².